The van der Waals surface area contributed by atoms with Crippen molar-refractivity contribution in [1.82, 2.24) is 10.3 Å². The Morgan fingerprint density at radius 3 is 2.52 bits per heavy atom. The number of hydrogen-bond acceptors (Lipinski definition) is 4. The van der Waals surface area contributed by atoms with Gasteiger partial charge in [-0.3, -0.25) is 0 Å². The summed E-state index contributed by atoms with van der Waals surface area (Å²) in [5.41, 5.74) is 6.51. The molecule has 0 aliphatic carbocycles. The minimum absolute atomic E-state index is 0.538. The number of ether oxygens (including phenoxy) is 1. The third kappa shape index (κ3) is 4.83. The van der Waals surface area contributed by atoms with Crippen molar-refractivity contribution in [2.24, 2.45) is 5.92 Å². The topological polar surface area (TPSA) is 34.1 Å². The molecule has 0 atom stereocenters. The van der Waals surface area contributed by atoms with E-state index in [4.69, 9.17) is 4.74 Å². The van der Waals surface area contributed by atoms with Crippen LogP contribution in [-0.2, 0) is 13.2 Å². The highest BCUT2D eigenvalue weighted by Crippen LogP contribution is 2.25. The molecular formula is C17H24N2OS. The summed E-state index contributed by atoms with van der Waals surface area (Å²) in [5, 5.41) is 5.50. The van der Waals surface area contributed by atoms with Crippen LogP contribution in [0.5, 0.6) is 5.75 Å². The number of nitrogens with one attached hydrogen (secondary N) is 1. The molecule has 3 nitrogen and oxygen atoms in total. The fourth-order valence-electron chi connectivity index (χ4n) is 2.33. The lowest BCUT2D eigenvalue weighted by Crippen LogP contribution is -2.19. The van der Waals surface area contributed by atoms with Gasteiger partial charge in [0.05, 0.1) is 11.2 Å². The van der Waals surface area contributed by atoms with Crippen LogP contribution in [0.25, 0.3) is 0 Å². The Bertz CT molecular complexity index is 541. The lowest BCUT2D eigenvalue weighted by Gasteiger charge is -2.14. The molecule has 1 aromatic carbocycles. The van der Waals surface area contributed by atoms with Crippen LogP contribution in [0.2, 0.25) is 0 Å². The standard InChI is InChI=1S/C17H24N2OS/c1-12(2)7-18-8-15-5-13(3)17(14(4)6-15)20-9-16-10-21-11-19-16/h5-6,10-12,18H,7-9H2,1-4H3. The largest absolute Gasteiger partial charge is 0.487 e. The Morgan fingerprint density at radius 1 is 1.24 bits per heavy atom. The van der Waals surface area contributed by atoms with Crippen LogP contribution in [0.1, 0.15) is 36.2 Å². The quantitative estimate of drug-likeness (QED) is 0.837. The van der Waals surface area contributed by atoms with Crippen molar-refractivity contribution < 1.29 is 4.74 Å². The molecule has 1 aromatic heterocycles. The molecule has 0 amide bonds. The predicted octanol–water partition coefficient (Wildman–Crippen LogP) is 4.08. The summed E-state index contributed by atoms with van der Waals surface area (Å²) < 4.78 is 5.93. The summed E-state index contributed by atoms with van der Waals surface area (Å²) in [6.07, 6.45) is 0. The Kier molecular flexibility index (Phi) is 5.76. The Labute approximate surface area is 131 Å². The third-order valence-electron chi connectivity index (χ3n) is 3.25. The van der Waals surface area contributed by atoms with Gasteiger partial charge in [0.1, 0.15) is 12.4 Å². The molecule has 0 aliphatic rings. The van der Waals surface area contributed by atoms with Crippen LogP contribution in [0.3, 0.4) is 0 Å². The molecule has 114 valence electrons. The van der Waals surface area contributed by atoms with Gasteiger partial charge in [-0.25, -0.2) is 4.98 Å². The molecule has 0 spiro atoms. The van der Waals surface area contributed by atoms with Gasteiger partial charge in [0.2, 0.25) is 0 Å². The summed E-state index contributed by atoms with van der Waals surface area (Å²) in [7, 11) is 0. The van der Waals surface area contributed by atoms with Crippen LogP contribution >= 0.6 is 11.3 Å². The highest BCUT2D eigenvalue weighted by atomic mass is 32.1. The molecule has 4 heteroatoms. The van der Waals surface area contributed by atoms with Crippen molar-refractivity contribution >= 4 is 11.3 Å². The van der Waals surface area contributed by atoms with Crippen LogP contribution in [0, 0.1) is 19.8 Å². The van der Waals surface area contributed by atoms with E-state index in [1.54, 1.807) is 11.3 Å². The van der Waals surface area contributed by atoms with Gasteiger partial charge in [-0.1, -0.05) is 26.0 Å². The second-order valence-electron chi connectivity index (χ2n) is 5.85. The zero-order chi connectivity index (χ0) is 15.2. The number of aromatic nitrogens is 1. The van der Waals surface area contributed by atoms with Gasteiger partial charge >= 0.3 is 0 Å². The molecule has 0 radical (unpaired) electrons. The maximum Gasteiger partial charge on any atom is 0.131 e. The summed E-state index contributed by atoms with van der Waals surface area (Å²) in [5.74, 6) is 1.66. The van der Waals surface area contributed by atoms with Crippen molar-refractivity contribution in [2.45, 2.75) is 40.8 Å². The van der Waals surface area contributed by atoms with Gasteiger partial charge in [0, 0.05) is 11.9 Å². The molecule has 1 N–H and O–H groups in total. The first-order valence-electron chi connectivity index (χ1n) is 7.37. The number of benzene rings is 1. The predicted molar refractivity (Wildman–Crippen MR) is 88.9 cm³/mol. The zero-order valence-corrected chi connectivity index (χ0v) is 14.1. The summed E-state index contributed by atoms with van der Waals surface area (Å²) in [6, 6.07) is 4.41. The molecule has 21 heavy (non-hydrogen) atoms. The smallest absolute Gasteiger partial charge is 0.131 e. The molecule has 0 bridgehead atoms. The van der Waals surface area contributed by atoms with Crippen LogP contribution in [0.4, 0.5) is 0 Å². The molecule has 0 unspecified atom stereocenters. The first kappa shape index (κ1) is 16.0. The van der Waals surface area contributed by atoms with Gasteiger partial charge in [-0.15, -0.1) is 11.3 Å². The molecule has 0 aliphatic heterocycles. The summed E-state index contributed by atoms with van der Waals surface area (Å²) in [4.78, 5) is 4.25. The van der Waals surface area contributed by atoms with E-state index in [1.165, 1.54) is 16.7 Å². The van der Waals surface area contributed by atoms with E-state index in [1.807, 2.05) is 10.9 Å². The normalized spacial score (nSPS) is 11.1. The molecule has 0 fully saturated rings. The highest BCUT2D eigenvalue weighted by Gasteiger charge is 2.08. The van der Waals surface area contributed by atoms with Crippen LogP contribution in [-0.4, -0.2) is 11.5 Å². The van der Waals surface area contributed by atoms with Crippen molar-refractivity contribution in [3.05, 3.63) is 45.4 Å². The van der Waals surface area contributed by atoms with E-state index in [0.29, 0.717) is 12.5 Å². The Morgan fingerprint density at radius 2 is 1.95 bits per heavy atom. The average Bonchev–Trinajstić information content (AvgIpc) is 2.90. The second-order valence-corrected chi connectivity index (χ2v) is 6.57. The minimum atomic E-state index is 0.538. The number of aryl methyl sites for hydroxylation is 2. The third-order valence-corrected chi connectivity index (χ3v) is 3.88. The van der Waals surface area contributed by atoms with E-state index in [0.717, 1.165) is 24.5 Å². The number of rotatable bonds is 7. The minimum Gasteiger partial charge on any atom is -0.487 e. The first-order chi connectivity index (χ1) is 10.1. The maximum atomic E-state index is 5.93. The molecule has 1 heterocycles. The maximum absolute atomic E-state index is 5.93. The van der Waals surface area contributed by atoms with Crippen LogP contribution in [0.15, 0.2) is 23.0 Å². The van der Waals surface area contributed by atoms with Gasteiger partial charge in [0.15, 0.2) is 0 Å². The highest BCUT2D eigenvalue weighted by molar-refractivity contribution is 7.07. The number of nitrogens with zero attached hydrogens (tertiary/aromatic N) is 1. The van der Waals surface area contributed by atoms with E-state index < -0.39 is 0 Å². The van der Waals surface area contributed by atoms with E-state index in [9.17, 15) is 0 Å². The fraction of sp³-hybridized carbons (Fsp3) is 0.471. The van der Waals surface area contributed by atoms with Crippen molar-refractivity contribution in [3.8, 4) is 5.75 Å². The molecule has 0 saturated carbocycles. The second kappa shape index (κ2) is 7.57. The SMILES string of the molecule is Cc1cc(CNCC(C)C)cc(C)c1OCc1cscn1. The van der Waals surface area contributed by atoms with Crippen molar-refractivity contribution in [2.75, 3.05) is 6.54 Å². The zero-order valence-electron chi connectivity index (χ0n) is 13.3. The fourth-order valence-corrected chi connectivity index (χ4v) is 2.87. The van der Waals surface area contributed by atoms with E-state index in [2.05, 4.69) is 50.1 Å². The van der Waals surface area contributed by atoms with E-state index in [-0.39, 0.29) is 0 Å². The van der Waals surface area contributed by atoms with Crippen molar-refractivity contribution in [1.29, 1.82) is 0 Å². The molecule has 0 saturated heterocycles. The number of hydrogen-bond donors (Lipinski definition) is 1. The monoisotopic (exact) mass is 304 g/mol. The Balaban J connectivity index is 1.99. The number of thiazole rings is 1. The van der Waals surface area contributed by atoms with Crippen molar-refractivity contribution in [3.63, 3.8) is 0 Å². The van der Waals surface area contributed by atoms with Gasteiger partial charge in [-0.2, -0.15) is 0 Å². The van der Waals surface area contributed by atoms with Gasteiger partial charge in [0.25, 0.3) is 0 Å². The van der Waals surface area contributed by atoms with Crippen LogP contribution < -0.4 is 10.1 Å². The lowest BCUT2D eigenvalue weighted by molar-refractivity contribution is 0.298. The molecule has 2 rings (SSSR count). The lowest BCUT2D eigenvalue weighted by atomic mass is 10.1. The summed E-state index contributed by atoms with van der Waals surface area (Å²) in [6.45, 7) is 11.1. The Hall–Kier alpha value is -1.39. The molecule has 2 aromatic rings. The van der Waals surface area contributed by atoms with Gasteiger partial charge in [-0.05, 0) is 43.0 Å². The first-order valence-corrected chi connectivity index (χ1v) is 8.31. The average molecular weight is 304 g/mol. The summed E-state index contributed by atoms with van der Waals surface area (Å²) >= 11 is 1.60. The van der Waals surface area contributed by atoms with E-state index >= 15 is 0 Å². The molecular weight excluding hydrogens is 280 g/mol. The van der Waals surface area contributed by atoms with Gasteiger partial charge < -0.3 is 10.1 Å².